The summed E-state index contributed by atoms with van der Waals surface area (Å²) < 4.78 is 5.92. The third-order valence-corrected chi connectivity index (χ3v) is 11.3. The first-order valence-electron chi connectivity index (χ1n) is 24.0. The van der Waals surface area contributed by atoms with E-state index in [-0.39, 0.29) is 25.8 Å². The van der Waals surface area contributed by atoms with Crippen LogP contribution in [-0.2, 0) is 30.6 Å². The van der Waals surface area contributed by atoms with Crippen molar-refractivity contribution in [3.8, 4) is 0 Å². The van der Waals surface area contributed by atoms with Crippen LogP contribution in [0.1, 0.15) is 296 Å². The number of hydrogen-bond donors (Lipinski definition) is 0. The Morgan fingerprint density at radius 3 is 0.440 bits per heavy atom. The van der Waals surface area contributed by atoms with Crippen LogP contribution in [0.5, 0.6) is 0 Å². The number of unbranched alkanes of at least 4 members (excludes halogenated alkanes) is 42. The first-order valence-corrected chi connectivity index (χ1v) is 24.0. The van der Waals surface area contributed by atoms with E-state index in [4.69, 9.17) is 4.74 Å². The monoisotopic (exact) mass is 871 g/mol. The molecule has 0 aliphatic carbocycles. The van der Waals surface area contributed by atoms with Crippen LogP contribution in [0.25, 0.3) is 0 Å². The summed E-state index contributed by atoms with van der Waals surface area (Å²) in [4.78, 5) is 0. The average Bonchev–Trinajstić information content (AvgIpc) is 3.11. The molecule has 0 spiro atoms. The predicted molar refractivity (Wildman–Crippen MR) is 225 cm³/mol. The Hall–Kier alpha value is 0.830. The van der Waals surface area contributed by atoms with E-state index in [0.717, 1.165) is 13.2 Å². The van der Waals surface area contributed by atoms with Gasteiger partial charge in [0.25, 0.3) is 0 Å². The fraction of sp³-hybridized carbons (Fsp3) is 1.00. The van der Waals surface area contributed by atoms with Gasteiger partial charge in [-0.15, -0.1) is 0 Å². The largest absolute Gasteiger partial charge is 0.381 e. The minimum Gasteiger partial charge on any atom is -0.381 e. The second-order valence-corrected chi connectivity index (χ2v) is 16.5. The maximum Gasteiger partial charge on any atom is 0.0466 e. The quantitative estimate of drug-likeness (QED) is 0.0437. The van der Waals surface area contributed by atoms with Crippen LogP contribution in [0.15, 0.2) is 0 Å². The van der Waals surface area contributed by atoms with E-state index in [1.54, 1.807) is 0 Å². The molecule has 2 heteroatoms. The molecule has 0 N–H and O–H groups in total. The number of hydrogen-bond acceptors (Lipinski definition) is 1. The molecule has 0 rings (SSSR count). The van der Waals surface area contributed by atoms with Crippen LogP contribution in [0, 0.1) is 0 Å². The third-order valence-electron chi connectivity index (χ3n) is 11.3. The summed E-state index contributed by atoms with van der Waals surface area (Å²) in [5, 5.41) is 0. The standard InChI is InChI=1S/C48H98O.Hf/c1-3-5-7-9-11-13-15-17-19-21-23-25-27-29-31-33-35-37-39-41-43-45-47-49-48-46-44-42-40-38-36-34-32-30-28-26-24-22-20-18-16-14-12-10-8-6-4-2;/h3-48H2,1-2H3;. The van der Waals surface area contributed by atoms with Crippen molar-refractivity contribution in [2.45, 2.75) is 296 Å². The molecule has 0 fully saturated rings. The minimum absolute atomic E-state index is 0. The van der Waals surface area contributed by atoms with E-state index < -0.39 is 0 Å². The summed E-state index contributed by atoms with van der Waals surface area (Å²) in [6.45, 7) is 6.61. The van der Waals surface area contributed by atoms with Gasteiger partial charge in [0.1, 0.15) is 0 Å². The molecule has 1 nitrogen and oxygen atoms in total. The van der Waals surface area contributed by atoms with Crippen molar-refractivity contribution in [2.75, 3.05) is 13.2 Å². The van der Waals surface area contributed by atoms with Gasteiger partial charge in [-0.25, -0.2) is 0 Å². The molecule has 0 bridgehead atoms. The van der Waals surface area contributed by atoms with E-state index in [1.807, 2.05) is 0 Å². The van der Waals surface area contributed by atoms with Crippen molar-refractivity contribution in [3.63, 3.8) is 0 Å². The van der Waals surface area contributed by atoms with Crippen molar-refractivity contribution < 1.29 is 30.6 Å². The molecule has 0 aromatic rings. The molecule has 0 atom stereocenters. The zero-order valence-electron chi connectivity index (χ0n) is 35.4. The summed E-state index contributed by atoms with van der Waals surface area (Å²) >= 11 is 0. The molecular formula is C48H98HfO. The van der Waals surface area contributed by atoms with Gasteiger partial charge in [-0.3, -0.25) is 0 Å². The van der Waals surface area contributed by atoms with Crippen LogP contribution < -0.4 is 0 Å². The van der Waals surface area contributed by atoms with Crippen LogP contribution in [0.4, 0.5) is 0 Å². The molecule has 300 valence electrons. The van der Waals surface area contributed by atoms with Crippen LogP contribution in [-0.4, -0.2) is 13.2 Å². The van der Waals surface area contributed by atoms with E-state index in [1.165, 1.54) is 283 Å². The normalized spacial score (nSPS) is 11.4. The second kappa shape index (κ2) is 51.9. The van der Waals surface area contributed by atoms with E-state index in [0.29, 0.717) is 0 Å². The third kappa shape index (κ3) is 50.9. The maximum atomic E-state index is 5.92. The van der Waals surface area contributed by atoms with Crippen LogP contribution in [0.3, 0.4) is 0 Å². The summed E-state index contributed by atoms with van der Waals surface area (Å²) in [6.07, 6.45) is 64.0. The number of ether oxygens (including phenoxy) is 1. The molecule has 0 heterocycles. The van der Waals surface area contributed by atoms with Gasteiger partial charge in [0.2, 0.25) is 0 Å². The van der Waals surface area contributed by atoms with E-state index in [2.05, 4.69) is 13.8 Å². The molecule has 0 saturated carbocycles. The van der Waals surface area contributed by atoms with E-state index >= 15 is 0 Å². The van der Waals surface area contributed by atoms with Crippen molar-refractivity contribution in [1.29, 1.82) is 0 Å². The van der Waals surface area contributed by atoms with Gasteiger partial charge < -0.3 is 4.74 Å². The van der Waals surface area contributed by atoms with Gasteiger partial charge in [-0.1, -0.05) is 284 Å². The van der Waals surface area contributed by atoms with Crippen molar-refractivity contribution in [2.24, 2.45) is 0 Å². The number of rotatable bonds is 46. The first-order chi connectivity index (χ1) is 24.4. The summed E-state index contributed by atoms with van der Waals surface area (Å²) in [5.41, 5.74) is 0. The molecule has 50 heavy (non-hydrogen) atoms. The Morgan fingerprint density at radius 2 is 0.300 bits per heavy atom. The maximum absolute atomic E-state index is 5.92. The Labute approximate surface area is 338 Å². The summed E-state index contributed by atoms with van der Waals surface area (Å²) in [5.74, 6) is 0. The molecular weight excluding hydrogens is 771 g/mol. The summed E-state index contributed by atoms with van der Waals surface area (Å²) in [7, 11) is 0. The van der Waals surface area contributed by atoms with Gasteiger partial charge in [-0.2, -0.15) is 0 Å². The first kappa shape index (κ1) is 52.9. The SMILES string of the molecule is CCCCCCCCCCCCCCCCCCCCCCCCOCCCCCCCCCCCCCCCCCCCCCCCC.[Hf]. The van der Waals surface area contributed by atoms with E-state index in [9.17, 15) is 0 Å². The summed E-state index contributed by atoms with van der Waals surface area (Å²) in [6, 6.07) is 0. The van der Waals surface area contributed by atoms with Crippen LogP contribution >= 0.6 is 0 Å². The molecule has 0 aliphatic heterocycles. The Kier molecular flexibility index (Phi) is 55.0. The molecule has 0 radical (unpaired) electrons. The predicted octanol–water partition coefficient (Wildman–Crippen LogP) is 18.2. The fourth-order valence-corrected chi connectivity index (χ4v) is 7.73. The molecule has 0 aliphatic rings. The van der Waals surface area contributed by atoms with Gasteiger partial charge >= 0.3 is 0 Å². The van der Waals surface area contributed by atoms with Crippen molar-refractivity contribution in [3.05, 3.63) is 0 Å². The minimum atomic E-state index is 0. The zero-order chi connectivity index (χ0) is 35.2. The smallest absolute Gasteiger partial charge is 0.0466 e. The Bertz CT molecular complexity index is 490. The molecule has 0 aromatic carbocycles. The van der Waals surface area contributed by atoms with Crippen molar-refractivity contribution >= 4 is 0 Å². The topological polar surface area (TPSA) is 9.23 Å². The molecule has 0 amide bonds. The average molecular weight is 870 g/mol. The Morgan fingerprint density at radius 1 is 0.180 bits per heavy atom. The van der Waals surface area contributed by atoms with Gasteiger partial charge in [0.15, 0.2) is 0 Å². The molecule has 0 unspecified atom stereocenters. The van der Waals surface area contributed by atoms with Gasteiger partial charge in [0, 0.05) is 39.1 Å². The Balaban J connectivity index is 0. The van der Waals surface area contributed by atoms with Gasteiger partial charge in [-0.05, 0) is 12.8 Å². The van der Waals surface area contributed by atoms with Crippen molar-refractivity contribution in [1.82, 2.24) is 0 Å². The fourth-order valence-electron chi connectivity index (χ4n) is 7.73. The molecule has 0 saturated heterocycles. The molecule has 0 aromatic heterocycles. The zero-order valence-corrected chi connectivity index (χ0v) is 39.0. The second-order valence-electron chi connectivity index (χ2n) is 16.5. The van der Waals surface area contributed by atoms with Gasteiger partial charge in [0.05, 0.1) is 0 Å². The van der Waals surface area contributed by atoms with Crippen LogP contribution in [0.2, 0.25) is 0 Å².